The number of halogens is 2. The molecule has 8 aromatic rings. The second kappa shape index (κ2) is 30.2. The van der Waals surface area contributed by atoms with Gasteiger partial charge in [0.25, 0.3) is 11.8 Å². The quantitative estimate of drug-likeness (QED) is 0.0638. The maximum Gasteiger partial charge on any atom is 0.275 e. The first-order valence-electron chi connectivity index (χ1n) is 29.9. The number of carbonyl (C=O) groups is 2. The van der Waals surface area contributed by atoms with E-state index in [2.05, 4.69) is 44.9 Å². The molecule has 4 aromatic heterocycles. The Hall–Kier alpha value is -6.16. The van der Waals surface area contributed by atoms with E-state index in [9.17, 15) is 19.8 Å². The Morgan fingerprint density at radius 2 is 0.953 bits per heavy atom. The van der Waals surface area contributed by atoms with Crippen LogP contribution in [-0.2, 0) is 22.3 Å². The second-order valence-electron chi connectivity index (χ2n) is 22.9. The van der Waals surface area contributed by atoms with Crippen LogP contribution in [0.15, 0.2) is 157 Å². The molecular weight excluding hydrogens is 1160 g/mol. The zero-order valence-electron chi connectivity index (χ0n) is 48.9. The Kier molecular flexibility index (Phi) is 22.6. The van der Waals surface area contributed by atoms with Gasteiger partial charge < -0.3 is 49.3 Å². The van der Waals surface area contributed by atoms with E-state index in [1.54, 1.807) is 47.7 Å². The standard InChI is InChI=1S/2C33H39N5O3S.2ClH/c2*1-24(31-35-17-19-42-31)41-22-33(40)15-9-8-14-28(33)38-23-36-29(30(38)26-12-6-3-7-13-26)32(39)37-18-16-34-21-27(37)20-25-10-4-2-5-11-25;;/h2*2-7,10-13,17,19,23-24,27-28,34,40H,8-9,14-16,18,20-22H2,1H3;2*1H/t24?,27-,28+,33+;24?,27-,28-,33-;;/m11../s1. The van der Waals surface area contributed by atoms with Gasteiger partial charge in [0, 0.05) is 85.6 Å². The predicted octanol–water partition coefficient (Wildman–Crippen LogP) is 11.4. The number of nitrogens with one attached hydrogen (secondary N) is 2. The van der Waals surface area contributed by atoms with Crippen molar-refractivity contribution in [2.75, 3.05) is 52.5 Å². The topological polar surface area (TPSA) is 185 Å². The summed E-state index contributed by atoms with van der Waals surface area (Å²) in [5, 5.41) is 36.8. The highest BCUT2D eigenvalue weighted by molar-refractivity contribution is 7.09. The van der Waals surface area contributed by atoms with Gasteiger partial charge in [0.15, 0.2) is 11.4 Å². The summed E-state index contributed by atoms with van der Waals surface area (Å²) in [4.78, 5) is 50.9. The van der Waals surface area contributed by atoms with Crippen LogP contribution in [0.25, 0.3) is 22.5 Å². The summed E-state index contributed by atoms with van der Waals surface area (Å²) in [6.45, 7) is 8.52. The summed E-state index contributed by atoms with van der Waals surface area (Å²) in [6, 6.07) is 40.1. The average molecular weight is 1240 g/mol. The summed E-state index contributed by atoms with van der Waals surface area (Å²) < 4.78 is 16.6. The molecule has 2 unspecified atom stereocenters. The molecule has 0 radical (unpaired) electrons. The van der Waals surface area contributed by atoms with Crippen LogP contribution in [0, 0.1) is 0 Å². The van der Waals surface area contributed by atoms with Crippen molar-refractivity contribution in [2.24, 2.45) is 0 Å². The van der Waals surface area contributed by atoms with Gasteiger partial charge >= 0.3 is 0 Å². The molecule has 456 valence electrons. The molecule has 20 heteroatoms. The van der Waals surface area contributed by atoms with Crippen LogP contribution in [-0.4, -0.2) is 137 Å². The summed E-state index contributed by atoms with van der Waals surface area (Å²) >= 11 is 3.11. The van der Waals surface area contributed by atoms with E-state index in [4.69, 9.17) is 19.4 Å². The molecule has 2 aliphatic carbocycles. The van der Waals surface area contributed by atoms with Gasteiger partial charge in [-0.3, -0.25) is 9.59 Å². The minimum Gasteiger partial charge on any atom is -0.385 e. The number of piperazine rings is 2. The van der Waals surface area contributed by atoms with Crippen molar-refractivity contribution in [3.63, 3.8) is 0 Å². The third-order valence-corrected chi connectivity index (χ3v) is 19.2. The number of aromatic nitrogens is 6. The van der Waals surface area contributed by atoms with Crippen LogP contribution in [0.5, 0.6) is 0 Å². The van der Waals surface area contributed by atoms with E-state index in [0.29, 0.717) is 37.3 Å². The first-order valence-corrected chi connectivity index (χ1v) is 31.7. The van der Waals surface area contributed by atoms with E-state index >= 15 is 0 Å². The number of carbonyl (C=O) groups excluding carboxylic acids is 2. The Balaban J connectivity index is 0.000000201. The number of rotatable bonds is 18. The Morgan fingerprint density at radius 1 is 0.570 bits per heavy atom. The first kappa shape index (κ1) is 64.3. The first-order chi connectivity index (χ1) is 41.1. The number of amides is 2. The Bertz CT molecular complexity index is 3130. The Labute approximate surface area is 525 Å². The highest BCUT2D eigenvalue weighted by atomic mass is 35.5. The highest BCUT2D eigenvalue weighted by Gasteiger charge is 2.45. The molecule has 2 aliphatic heterocycles. The fraction of sp³-hybridized carbons (Fsp3) is 0.424. The van der Waals surface area contributed by atoms with E-state index in [-0.39, 0.29) is 86.2 Å². The predicted molar refractivity (Wildman–Crippen MR) is 343 cm³/mol. The maximum absolute atomic E-state index is 14.3. The number of hydrogen-bond acceptors (Lipinski definition) is 14. The van der Waals surface area contributed by atoms with E-state index in [0.717, 1.165) is 110 Å². The molecule has 8 atom stereocenters. The van der Waals surface area contributed by atoms with E-state index in [1.807, 2.05) is 141 Å². The molecule has 2 amide bonds. The van der Waals surface area contributed by atoms with Crippen LogP contribution in [0.2, 0.25) is 0 Å². The van der Waals surface area contributed by atoms with Crippen molar-refractivity contribution >= 4 is 59.3 Å². The lowest BCUT2D eigenvalue weighted by Crippen LogP contribution is -2.54. The SMILES string of the molecule is CC(OC[C@@]1(O)CCCC[C@@H]1n1cnc(C(=O)N2CCNC[C@H]2Cc2ccccc2)c1-c1ccccc1)c1nccs1.CC(OC[C@]1(O)CCCC[C@H]1n1cnc(C(=O)N2CCNC[C@H]2Cc2ccccc2)c1-c1ccccc1)c1nccs1.Cl.Cl. The molecule has 2 saturated heterocycles. The van der Waals surface area contributed by atoms with Gasteiger partial charge in [0.1, 0.15) is 33.4 Å². The molecule has 6 heterocycles. The van der Waals surface area contributed by atoms with Gasteiger partial charge in [-0.25, -0.2) is 19.9 Å². The van der Waals surface area contributed by atoms with Gasteiger partial charge in [-0.15, -0.1) is 47.5 Å². The van der Waals surface area contributed by atoms with E-state index < -0.39 is 11.2 Å². The molecule has 0 spiro atoms. The maximum atomic E-state index is 14.3. The highest BCUT2D eigenvalue weighted by Crippen LogP contribution is 2.44. The number of nitrogens with zero attached hydrogens (tertiary/aromatic N) is 8. The van der Waals surface area contributed by atoms with Crippen molar-refractivity contribution in [2.45, 2.75) is 126 Å². The lowest BCUT2D eigenvalue weighted by Gasteiger charge is -2.41. The van der Waals surface area contributed by atoms with Gasteiger partial charge in [0.05, 0.1) is 49.3 Å². The van der Waals surface area contributed by atoms with Crippen molar-refractivity contribution in [1.82, 2.24) is 49.5 Å². The average Bonchev–Trinajstić information content (AvgIpc) is 1.84. The van der Waals surface area contributed by atoms with Gasteiger partial charge in [-0.1, -0.05) is 147 Å². The zero-order chi connectivity index (χ0) is 57.9. The third kappa shape index (κ3) is 14.9. The number of thiazole rings is 2. The van der Waals surface area contributed by atoms with Crippen LogP contribution >= 0.6 is 47.5 Å². The summed E-state index contributed by atoms with van der Waals surface area (Å²) in [6.07, 6.45) is 14.8. The molecule has 4 aliphatic rings. The van der Waals surface area contributed by atoms with E-state index in [1.165, 1.54) is 11.1 Å². The fourth-order valence-electron chi connectivity index (χ4n) is 12.8. The normalized spacial score (nSPS) is 23.0. The summed E-state index contributed by atoms with van der Waals surface area (Å²) in [7, 11) is 0. The molecule has 4 fully saturated rings. The minimum atomic E-state index is -1.10. The third-order valence-electron chi connectivity index (χ3n) is 17.3. The van der Waals surface area contributed by atoms with Crippen molar-refractivity contribution in [3.8, 4) is 22.5 Å². The van der Waals surface area contributed by atoms with Crippen LogP contribution in [0.4, 0.5) is 0 Å². The van der Waals surface area contributed by atoms with Crippen molar-refractivity contribution in [3.05, 3.63) is 190 Å². The van der Waals surface area contributed by atoms with Crippen molar-refractivity contribution < 1.29 is 29.3 Å². The molecule has 12 rings (SSSR count). The molecule has 0 bridgehead atoms. The lowest BCUT2D eigenvalue weighted by molar-refractivity contribution is -0.115. The zero-order valence-corrected chi connectivity index (χ0v) is 52.2. The number of aliphatic hydroxyl groups is 2. The van der Waals surface area contributed by atoms with Crippen molar-refractivity contribution in [1.29, 1.82) is 0 Å². The molecule has 4 aromatic carbocycles. The number of benzene rings is 4. The monoisotopic (exact) mass is 1240 g/mol. The summed E-state index contributed by atoms with van der Waals surface area (Å²) in [5.41, 5.74) is 4.44. The van der Waals surface area contributed by atoms with Crippen LogP contribution in [0.3, 0.4) is 0 Å². The van der Waals surface area contributed by atoms with Gasteiger partial charge in [-0.05, 0) is 63.5 Å². The molecular formula is C66H80Cl2N10O6S2. The second-order valence-corrected chi connectivity index (χ2v) is 24.8. The van der Waals surface area contributed by atoms with Gasteiger partial charge in [-0.2, -0.15) is 0 Å². The summed E-state index contributed by atoms with van der Waals surface area (Å²) in [5.74, 6) is -0.133. The molecule has 16 nitrogen and oxygen atoms in total. The largest absolute Gasteiger partial charge is 0.385 e. The Morgan fingerprint density at radius 3 is 1.33 bits per heavy atom. The van der Waals surface area contributed by atoms with Crippen LogP contribution in [0.1, 0.15) is 132 Å². The minimum absolute atomic E-state index is 0. The fourth-order valence-corrected chi connectivity index (χ4v) is 14.1. The number of hydrogen-bond donors (Lipinski definition) is 4. The number of imidazole rings is 2. The molecule has 4 N–H and O–H groups in total. The lowest BCUT2D eigenvalue weighted by atomic mass is 9.80. The van der Waals surface area contributed by atoms with Crippen LogP contribution < -0.4 is 10.6 Å². The smallest absolute Gasteiger partial charge is 0.275 e. The van der Waals surface area contributed by atoms with Gasteiger partial charge in [0.2, 0.25) is 0 Å². The number of ether oxygens (including phenoxy) is 2. The molecule has 86 heavy (non-hydrogen) atoms. The molecule has 2 saturated carbocycles.